The molecule has 0 radical (unpaired) electrons. The Hall–Kier alpha value is -8.86. The van der Waals surface area contributed by atoms with Crippen LogP contribution in [0, 0.1) is 18.2 Å². The van der Waals surface area contributed by atoms with Crippen LogP contribution >= 0.6 is 0 Å². The van der Waals surface area contributed by atoms with Crippen LogP contribution in [0.2, 0.25) is 0 Å². The fourth-order valence-corrected chi connectivity index (χ4v) is 9.45. The average molecular weight is 1100 g/mol. The van der Waals surface area contributed by atoms with Crippen molar-refractivity contribution in [2.24, 2.45) is 0 Å². The van der Waals surface area contributed by atoms with Crippen molar-refractivity contribution in [3.05, 3.63) is 280 Å². The molecule has 340 valence electrons. The zero-order valence-electron chi connectivity index (χ0n) is 38.9. The number of hydrogen-bond donors (Lipinski definition) is 0. The first-order chi connectivity index (χ1) is 35.2. The predicted molar refractivity (Wildman–Crippen MR) is 290 cm³/mol. The molecule has 5 heteroatoms. The van der Waals surface area contributed by atoms with Gasteiger partial charge in [-0.25, -0.2) is 0 Å². The molecule has 0 aliphatic heterocycles. The standard InChI is InChI=1S/C67H43N4.Ir/c1-3-15-47(16-4-1)48-27-29-49(30-28-48)52-19-13-20-53(41-52)67-38-34-55(46-69-67)62-23-9-12-26-65(62)58-43-56(63-24-10-7-21-60(63)50-31-35-59(36-32-50)71-40-14-39-70-71)42-57(44-58)64-25-11-8-22-61(64)54-33-37-66(68-45-54)51-17-5-2-6-18-51;/h1-17,19,21-35,37-46H;/q-3;+3. The average Bonchev–Trinajstić information content (AvgIpc) is 4.02. The minimum absolute atomic E-state index is 0. The summed E-state index contributed by atoms with van der Waals surface area (Å²) in [5.74, 6) is 0. The van der Waals surface area contributed by atoms with Crippen LogP contribution in [-0.2, 0) is 20.1 Å². The predicted octanol–water partition coefficient (Wildman–Crippen LogP) is 16.7. The van der Waals surface area contributed by atoms with E-state index in [1.54, 1.807) is 6.20 Å². The van der Waals surface area contributed by atoms with E-state index in [1.807, 2.05) is 65.7 Å². The van der Waals surface area contributed by atoms with Gasteiger partial charge in [0, 0.05) is 24.8 Å². The molecule has 0 atom stereocenters. The third-order valence-electron chi connectivity index (χ3n) is 13.0. The van der Waals surface area contributed by atoms with E-state index < -0.39 is 0 Å². The molecule has 0 aliphatic rings. The van der Waals surface area contributed by atoms with E-state index in [0.717, 1.165) is 106 Å². The van der Waals surface area contributed by atoms with Crippen molar-refractivity contribution in [2.75, 3.05) is 0 Å². The molecule has 3 aromatic heterocycles. The smallest absolute Gasteiger partial charge is 0.304 e. The van der Waals surface area contributed by atoms with Gasteiger partial charge in [0.2, 0.25) is 0 Å². The summed E-state index contributed by atoms with van der Waals surface area (Å²) in [6.45, 7) is 0. The maximum absolute atomic E-state index is 5.07. The van der Waals surface area contributed by atoms with E-state index in [4.69, 9.17) is 9.97 Å². The Kier molecular flexibility index (Phi) is 13.1. The molecule has 0 saturated carbocycles. The molecule has 0 amide bonds. The Labute approximate surface area is 434 Å². The summed E-state index contributed by atoms with van der Waals surface area (Å²) >= 11 is 0. The van der Waals surface area contributed by atoms with Crippen LogP contribution in [0.3, 0.4) is 0 Å². The largest absolute Gasteiger partial charge is 3.00 e. The van der Waals surface area contributed by atoms with Gasteiger partial charge in [-0.2, -0.15) is 23.3 Å². The van der Waals surface area contributed by atoms with Gasteiger partial charge in [0.15, 0.2) is 0 Å². The van der Waals surface area contributed by atoms with Gasteiger partial charge in [-0.3, -0.25) is 4.68 Å². The number of rotatable bonds is 11. The van der Waals surface area contributed by atoms with Crippen molar-refractivity contribution < 1.29 is 20.1 Å². The van der Waals surface area contributed by atoms with Gasteiger partial charge in [-0.1, -0.05) is 157 Å². The first-order valence-corrected chi connectivity index (χ1v) is 23.7. The van der Waals surface area contributed by atoms with Crippen LogP contribution in [0.5, 0.6) is 0 Å². The third kappa shape index (κ3) is 9.43. The quantitative estimate of drug-likeness (QED) is 0.121. The molecule has 3 heterocycles. The van der Waals surface area contributed by atoms with Gasteiger partial charge in [-0.05, 0) is 114 Å². The van der Waals surface area contributed by atoms with Crippen LogP contribution < -0.4 is 0 Å². The molecular formula is C67H43IrN4. The van der Waals surface area contributed by atoms with Crippen LogP contribution in [-0.4, -0.2) is 19.7 Å². The van der Waals surface area contributed by atoms with Gasteiger partial charge in [0.1, 0.15) is 0 Å². The maximum atomic E-state index is 5.07. The summed E-state index contributed by atoms with van der Waals surface area (Å²) in [6, 6.07) is 93.3. The van der Waals surface area contributed by atoms with Crippen molar-refractivity contribution in [3.8, 4) is 117 Å². The van der Waals surface area contributed by atoms with Crippen LogP contribution in [0.1, 0.15) is 0 Å². The summed E-state index contributed by atoms with van der Waals surface area (Å²) < 4.78 is 1.83. The van der Waals surface area contributed by atoms with E-state index in [2.05, 4.69) is 217 Å². The molecule has 0 N–H and O–H groups in total. The van der Waals surface area contributed by atoms with Crippen molar-refractivity contribution >= 4 is 0 Å². The molecule has 0 fully saturated rings. The second kappa shape index (κ2) is 20.6. The molecule has 12 aromatic rings. The topological polar surface area (TPSA) is 43.6 Å². The van der Waals surface area contributed by atoms with Gasteiger partial charge in [0.25, 0.3) is 0 Å². The minimum atomic E-state index is 0. The van der Waals surface area contributed by atoms with Crippen molar-refractivity contribution in [3.63, 3.8) is 0 Å². The molecule has 0 spiro atoms. The summed E-state index contributed by atoms with van der Waals surface area (Å²) in [5, 5.41) is 4.42. The second-order valence-electron chi connectivity index (χ2n) is 17.4. The Balaban J connectivity index is 0.00000560. The number of nitrogens with zero attached hydrogens (tertiary/aromatic N) is 4. The third-order valence-corrected chi connectivity index (χ3v) is 13.0. The molecule has 12 rings (SSSR count). The van der Waals surface area contributed by atoms with E-state index in [0.29, 0.717) is 0 Å². The minimum Gasteiger partial charge on any atom is -0.304 e. The molecule has 0 saturated heterocycles. The van der Waals surface area contributed by atoms with Gasteiger partial charge >= 0.3 is 20.1 Å². The van der Waals surface area contributed by atoms with E-state index in [-0.39, 0.29) is 20.1 Å². The van der Waals surface area contributed by atoms with Crippen LogP contribution in [0.4, 0.5) is 0 Å². The Bertz CT molecular complexity index is 3760. The monoisotopic (exact) mass is 1100 g/mol. The van der Waals surface area contributed by atoms with Gasteiger partial charge < -0.3 is 9.97 Å². The normalized spacial score (nSPS) is 10.9. The maximum Gasteiger partial charge on any atom is 3.00 e. The molecule has 9 aromatic carbocycles. The summed E-state index contributed by atoms with van der Waals surface area (Å²) in [4.78, 5) is 9.98. The summed E-state index contributed by atoms with van der Waals surface area (Å²) in [6.07, 6.45) is 7.68. The molecular weight excluding hydrogens is 1050 g/mol. The zero-order chi connectivity index (χ0) is 47.3. The van der Waals surface area contributed by atoms with E-state index >= 15 is 0 Å². The second-order valence-corrected chi connectivity index (χ2v) is 17.4. The van der Waals surface area contributed by atoms with Gasteiger partial charge in [0.05, 0.1) is 0 Å². The number of aromatic nitrogens is 4. The van der Waals surface area contributed by atoms with Crippen LogP contribution in [0.15, 0.2) is 261 Å². The molecule has 0 bridgehead atoms. The Morgan fingerprint density at radius 2 is 0.792 bits per heavy atom. The molecule has 72 heavy (non-hydrogen) atoms. The first kappa shape index (κ1) is 45.6. The fourth-order valence-electron chi connectivity index (χ4n) is 9.45. The summed E-state index contributed by atoms with van der Waals surface area (Å²) in [5.41, 5.74) is 22.3. The SMILES string of the molecule is [Ir+3].[c-]1ccccc1-c1ccc(-c2ccccc2-c2cc(-c3ccccc3-c3c[c-]c(-n4cccn4)cc3)cc(-c3ccccc3-c3ccc(-c4[c-]ccc(-c5ccc(-c6ccccc6)cc5)c4)nc3)c2)cn1. The van der Waals surface area contributed by atoms with Crippen molar-refractivity contribution in [1.82, 2.24) is 19.7 Å². The zero-order valence-corrected chi connectivity index (χ0v) is 41.3. The van der Waals surface area contributed by atoms with Crippen molar-refractivity contribution in [2.45, 2.75) is 0 Å². The first-order valence-electron chi connectivity index (χ1n) is 23.7. The van der Waals surface area contributed by atoms with E-state index in [1.165, 1.54) is 11.1 Å². The Morgan fingerprint density at radius 1 is 0.319 bits per heavy atom. The number of pyridine rings is 2. The Morgan fingerprint density at radius 3 is 1.29 bits per heavy atom. The fraction of sp³-hybridized carbons (Fsp3) is 0. The molecule has 0 unspecified atom stereocenters. The van der Waals surface area contributed by atoms with Gasteiger partial charge in [-0.15, -0.1) is 82.9 Å². The van der Waals surface area contributed by atoms with E-state index in [9.17, 15) is 0 Å². The molecule has 0 aliphatic carbocycles. The molecule has 4 nitrogen and oxygen atoms in total. The number of hydrogen-bond acceptors (Lipinski definition) is 3. The number of benzene rings is 9. The van der Waals surface area contributed by atoms with Crippen molar-refractivity contribution in [1.29, 1.82) is 0 Å². The van der Waals surface area contributed by atoms with Crippen LogP contribution in [0.25, 0.3) is 117 Å². The summed E-state index contributed by atoms with van der Waals surface area (Å²) in [7, 11) is 0.